The van der Waals surface area contributed by atoms with Crippen molar-refractivity contribution in [3.8, 4) is 11.4 Å². The predicted molar refractivity (Wildman–Crippen MR) is 142 cm³/mol. The van der Waals surface area contributed by atoms with Gasteiger partial charge in [0, 0.05) is 31.3 Å². The maximum atomic E-state index is 13.0. The summed E-state index contributed by atoms with van der Waals surface area (Å²) >= 11 is 0. The largest absolute Gasteiger partial charge is 0.467 e. The molecule has 0 saturated heterocycles. The maximum Gasteiger partial charge on any atom is 0.332 e. The number of nitrogens with one attached hydrogen (secondary N) is 2. The molecular weight excluding hydrogens is 488 g/mol. The van der Waals surface area contributed by atoms with Crippen LogP contribution in [0.3, 0.4) is 0 Å². The Labute approximate surface area is 218 Å². The summed E-state index contributed by atoms with van der Waals surface area (Å²) in [4.78, 5) is 62.8. The number of amides is 1. The van der Waals surface area contributed by atoms with Gasteiger partial charge in [-0.2, -0.15) is 0 Å². The molecule has 0 saturated carbocycles. The van der Waals surface area contributed by atoms with Crippen LogP contribution in [0.5, 0.6) is 0 Å². The molecule has 1 atom stereocenters. The van der Waals surface area contributed by atoms with Gasteiger partial charge >= 0.3 is 11.7 Å². The lowest BCUT2D eigenvalue weighted by Crippen LogP contribution is -2.43. The smallest absolute Gasteiger partial charge is 0.332 e. The van der Waals surface area contributed by atoms with Gasteiger partial charge in [0.1, 0.15) is 23.1 Å². The van der Waals surface area contributed by atoms with E-state index in [1.54, 1.807) is 6.07 Å². The predicted octanol–water partition coefficient (Wildman–Crippen LogP) is 2.28. The zero-order chi connectivity index (χ0) is 27.2. The van der Waals surface area contributed by atoms with Crippen molar-refractivity contribution >= 4 is 23.0 Å². The summed E-state index contributed by atoms with van der Waals surface area (Å²) in [6, 6.07) is 11.5. The van der Waals surface area contributed by atoms with Crippen molar-refractivity contribution in [3.05, 3.63) is 80.8 Å². The summed E-state index contributed by atoms with van der Waals surface area (Å²) in [6.07, 6.45) is 3.06. The van der Waals surface area contributed by atoms with Gasteiger partial charge in [0.05, 0.1) is 7.11 Å². The second-order valence-electron chi connectivity index (χ2n) is 8.85. The summed E-state index contributed by atoms with van der Waals surface area (Å²) in [5.41, 5.74) is 1.22. The number of carbonyl (C=O) groups excluding carboxylic acids is 2. The van der Waals surface area contributed by atoms with E-state index in [-0.39, 0.29) is 29.0 Å². The number of aromatic amines is 1. The summed E-state index contributed by atoms with van der Waals surface area (Å²) < 4.78 is 7.58. The number of carbonyl (C=O) groups is 2. The van der Waals surface area contributed by atoms with Crippen LogP contribution in [-0.2, 0) is 29.0 Å². The van der Waals surface area contributed by atoms with Crippen LogP contribution in [0, 0.1) is 0 Å². The van der Waals surface area contributed by atoms with Crippen LogP contribution in [0.1, 0.15) is 42.7 Å². The molecule has 4 aromatic rings. The molecule has 2 N–H and O–H groups in total. The third kappa shape index (κ3) is 5.41. The van der Waals surface area contributed by atoms with Crippen molar-refractivity contribution in [1.29, 1.82) is 0 Å². The fourth-order valence-electron chi connectivity index (χ4n) is 4.24. The highest BCUT2D eigenvalue weighted by molar-refractivity contribution is 5.95. The molecule has 11 nitrogen and oxygen atoms in total. The Balaban J connectivity index is 1.61. The Hall–Kier alpha value is -4.54. The Kier molecular flexibility index (Phi) is 8.15. The molecular formula is C27H30N6O5. The van der Waals surface area contributed by atoms with E-state index < -0.39 is 23.5 Å². The van der Waals surface area contributed by atoms with Crippen LogP contribution < -0.4 is 16.6 Å². The van der Waals surface area contributed by atoms with Crippen molar-refractivity contribution in [1.82, 2.24) is 29.4 Å². The molecule has 4 rings (SSSR count). The Morgan fingerprint density at radius 1 is 1.03 bits per heavy atom. The van der Waals surface area contributed by atoms with Crippen molar-refractivity contribution in [2.45, 2.75) is 52.2 Å². The minimum absolute atomic E-state index is 0.0972. The molecule has 0 radical (unpaired) electrons. The van der Waals surface area contributed by atoms with Gasteiger partial charge < -0.3 is 15.0 Å². The number of hydrogen-bond acceptors (Lipinski definition) is 7. The second kappa shape index (κ2) is 11.7. The van der Waals surface area contributed by atoms with Crippen molar-refractivity contribution in [2.75, 3.05) is 7.11 Å². The lowest BCUT2D eigenvalue weighted by atomic mass is 10.1. The van der Waals surface area contributed by atoms with Gasteiger partial charge in [0.2, 0.25) is 0 Å². The normalized spacial score (nSPS) is 11.9. The number of methoxy groups -OCH3 is 1. The van der Waals surface area contributed by atoms with E-state index in [1.165, 1.54) is 28.5 Å². The number of imidazole rings is 1. The lowest BCUT2D eigenvalue weighted by Gasteiger charge is -2.16. The average Bonchev–Trinajstić information content (AvgIpc) is 3.39. The number of pyridine rings is 1. The number of H-pyrrole nitrogens is 1. The molecule has 38 heavy (non-hydrogen) atoms. The highest BCUT2D eigenvalue weighted by atomic mass is 16.5. The van der Waals surface area contributed by atoms with Crippen molar-refractivity contribution in [2.24, 2.45) is 0 Å². The van der Waals surface area contributed by atoms with Gasteiger partial charge in [0.25, 0.3) is 11.5 Å². The van der Waals surface area contributed by atoms with E-state index in [0.29, 0.717) is 37.3 Å². The molecule has 3 heterocycles. The fourth-order valence-corrected chi connectivity index (χ4v) is 4.24. The van der Waals surface area contributed by atoms with Gasteiger partial charge in [-0.25, -0.2) is 14.6 Å². The molecule has 3 aromatic heterocycles. The molecule has 0 fully saturated rings. The van der Waals surface area contributed by atoms with Gasteiger partial charge in [-0.15, -0.1) is 0 Å². The number of benzene rings is 1. The monoisotopic (exact) mass is 518 g/mol. The van der Waals surface area contributed by atoms with Crippen LogP contribution in [0.25, 0.3) is 22.6 Å². The number of esters is 1. The number of rotatable bonds is 10. The number of nitrogens with zero attached hydrogens (tertiary/aromatic N) is 4. The molecule has 0 aliphatic carbocycles. The third-order valence-corrected chi connectivity index (χ3v) is 6.10. The number of aromatic nitrogens is 5. The lowest BCUT2D eigenvalue weighted by molar-refractivity contribution is -0.142. The number of fused-ring (bicyclic) bond motifs is 1. The SMILES string of the molecule is CCCn1c(=O)c2[nH]c(-c3ccc(C(=O)N[C@H](Cc4ccccc4)C(=O)OC)nc3)nc2n(CCC)c1=O. The van der Waals surface area contributed by atoms with E-state index in [4.69, 9.17) is 4.74 Å². The average molecular weight is 519 g/mol. The van der Waals surface area contributed by atoms with Gasteiger partial charge in [-0.1, -0.05) is 44.2 Å². The van der Waals surface area contributed by atoms with Crippen LogP contribution in [0.4, 0.5) is 0 Å². The topological polar surface area (TPSA) is 141 Å². The molecule has 11 heteroatoms. The summed E-state index contributed by atoms with van der Waals surface area (Å²) in [5.74, 6) is -0.744. The van der Waals surface area contributed by atoms with Crippen LogP contribution in [0.15, 0.2) is 58.3 Å². The van der Waals surface area contributed by atoms with Crippen molar-refractivity contribution < 1.29 is 14.3 Å². The molecule has 0 bridgehead atoms. The van der Waals surface area contributed by atoms with E-state index in [2.05, 4.69) is 20.3 Å². The molecule has 198 valence electrons. The van der Waals surface area contributed by atoms with E-state index in [1.807, 2.05) is 44.2 Å². The van der Waals surface area contributed by atoms with Crippen LogP contribution in [0.2, 0.25) is 0 Å². The van der Waals surface area contributed by atoms with Gasteiger partial charge in [-0.3, -0.25) is 23.7 Å². The minimum Gasteiger partial charge on any atom is -0.467 e. The van der Waals surface area contributed by atoms with E-state index in [0.717, 1.165) is 5.56 Å². The first-order chi connectivity index (χ1) is 18.4. The standard InChI is InChI=1S/C27H30N6O5/c1-4-13-32-23-21(25(35)33(14-5-2)27(32)37)30-22(31-23)18-11-12-19(28-16-18)24(34)29-20(26(36)38-3)15-17-9-7-6-8-10-17/h6-12,16,20H,4-5,13-15H2,1-3H3,(H,29,34)(H,30,31)/t20-/m1/s1. The molecule has 0 aliphatic heterocycles. The van der Waals surface area contributed by atoms with E-state index in [9.17, 15) is 19.2 Å². The first-order valence-corrected chi connectivity index (χ1v) is 12.5. The first kappa shape index (κ1) is 26.5. The summed E-state index contributed by atoms with van der Waals surface area (Å²) in [6.45, 7) is 4.58. The fraction of sp³-hybridized carbons (Fsp3) is 0.333. The maximum absolute atomic E-state index is 13.0. The highest BCUT2D eigenvalue weighted by Gasteiger charge is 2.23. The molecule has 0 aliphatic rings. The first-order valence-electron chi connectivity index (χ1n) is 12.5. The van der Waals surface area contributed by atoms with Gasteiger partial charge in [0.15, 0.2) is 5.65 Å². The Bertz CT molecular complexity index is 1550. The van der Waals surface area contributed by atoms with E-state index >= 15 is 0 Å². The Morgan fingerprint density at radius 2 is 1.74 bits per heavy atom. The Morgan fingerprint density at radius 3 is 2.37 bits per heavy atom. The van der Waals surface area contributed by atoms with Crippen molar-refractivity contribution in [3.63, 3.8) is 0 Å². The summed E-state index contributed by atoms with van der Waals surface area (Å²) in [7, 11) is 1.27. The molecule has 0 spiro atoms. The number of hydrogen-bond donors (Lipinski definition) is 2. The van der Waals surface area contributed by atoms with Crippen LogP contribution in [-0.4, -0.2) is 49.1 Å². The molecule has 1 aromatic carbocycles. The highest BCUT2D eigenvalue weighted by Crippen LogP contribution is 2.18. The number of ether oxygens (including phenoxy) is 1. The molecule has 1 amide bonds. The number of aryl methyl sites for hydroxylation is 1. The minimum atomic E-state index is -0.882. The van der Waals surface area contributed by atoms with Gasteiger partial charge in [-0.05, 0) is 30.5 Å². The zero-order valence-corrected chi connectivity index (χ0v) is 21.6. The molecule has 0 unspecified atom stereocenters. The quantitative estimate of drug-likeness (QED) is 0.307. The van der Waals surface area contributed by atoms with Crippen LogP contribution >= 0.6 is 0 Å². The zero-order valence-electron chi connectivity index (χ0n) is 21.6. The second-order valence-corrected chi connectivity index (χ2v) is 8.85. The third-order valence-electron chi connectivity index (χ3n) is 6.10. The summed E-state index contributed by atoms with van der Waals surface area (Å²) in [5, 5.41) is 2.69.